The number of rotatable bonds is 2. The number of piperidine rings is 1. The van der Waals surface area contributed by atoms with Gasteiger partial charge in [0.1, 0.15) is 0 Å². The van der Waals surface area contributed by atoms with Crippen molar-refractivity contribution in [3.8, 4) is 0 Å². The fourth-order valence-corrected chi connectivity index (χ4v) is 3.37. The molecular formula is C21H26N2O. The highest BCUT2D eigenvalue weighted by molar-refractivity contribution is 5.94. The summed E-state index contributed by atoms with van der Waals surface area (Å²) in [5.74, 6) is 0.129. The van der Waals surface area contributed by atoms with E-state index in [4.69, 9.17) is 0 Å². The van der Waals surface area contributed by atoms with Crippen molar-refractivity contribution in [1.82, 2.24) is 9.88 Å². The number of pyridine rings is 1. The van der Waals surface area contributed by atoms with Crippen LogP contribution < -0.4 is 0 Å². The summed E-state index contributed by atoms with van der Waals surface area (Å²) in [6.45, 7) is 7.38. The average molecular weight is 322 g/mol. The molecule has 1 aromatic carbocycles. The Hall–Kier alpha value is -2.16. The molecule has 3 rings (SSSR count). The monoisotopic (exact) mass is 322 g/mol. The molecule has 1 aliphatic rings. The van der Waals surface area contributed by atoms with Crippen LogP contribution in [-0.2, 0) is 5.41 Å². The van der Waals surface area contributed by atoms with Gasteiger partial charge in [0, 0.05) is 24.5 Å². The topological polar surface area (TPSA) is 33.2 Å². The SMILES string of the molecule is CC(C)(C)c1ccc(C(=O)N2CCCCC2c2cccnc2)cc1. The van der Waals surface area contributed by atoms with E-state index in [-0.39, 0.29) is 17.4 Å². The highest BCUT2D eigenvalue weighted by atomic mass is 16.2. The number of aromatic nitrogens is 1. The summed E-state index contributed by atoms with van der Waals surface area (Å²) in [6, 6.07) is 12.3. The van der Waals surface area contributed by atoms with Crippen LogP contribution in [0.15, 0.2) is 48.8 Å². The molecule has 1 atom stereocenters. The third-order valence-electron chi connectivity index (χ3n) is 4.83. The van der Waals surface area contributed by atoms with E-state index in [1.54, 1.807) is 6.20 Å². The fraction of sp³-hybridized carbons (Fsp3) is 0.429. The van der Waals surface area contributed by atoms with Crippen LogP contribution in [0, 0.1) is 0 Å². The van der Waals surface area contributed by atoms with E-state index in [1.165, 1.54) is 5.56 Å². The summed E-state index contributed by atoms with van der Waals surface area (Å²) in [5.41, 5.74) is 3.27. The van der Waals surface area contributed by atoms with Crippen molar-refractivity contribution < 1.29 is 4.79 Å². The average Bonchev–Trinajstić information content (AvgIpc) is 2.61. The lowest BCUT2D eigenvalue weighted by molar-refractivity contribution is 0.0611. The van der Waals surface area contributed by atoms with Crippen LogP contribution in [0.3, 0.4) is 0 Å². The van der Waals surface area contributed by atoms with Crippen molar-refractivity contribution in [3.05, 3.63) is 65.5 Å². The van der Waals surface area contributed by atoms with Crippen molar-refractivity contribution in [3.63, 3.8) is 0 Å². The largest absolute Gasteiger partial charge is 0.332 e. The Labute approximate surface area is 144 Å². The number of benzene rings is 1. The second kappa shape index (κ2) is 6.76. The van der Waals surface area contributed by atoms with E-state index in [2.05, 4.69) is 44.0 Å². The molecule has 0 spiro atoms. The minimum Gasteiger partial charge on any atom is -0.332 e. The minimum atomic E-state index is 0.102. The number of hydrogen-bond donors (Lipinski definition) is 0. The van der Waals surface area contributed by atoms with Crippen LogP contribution in [-0.4, -0.2) is 22.3 Å². The molecule has 24 heavy (non-hydrogen) atoms. The zero-order valence-electron chi connectivity index (χ0n) is 14.8. The maximum Gasteiger partial charge on any atom is 0.254 e. The third-order valence-corrected chi connectivity index (χ3v) is 4.83. The van der Waals surface area contributed by atoms with E-state index in [0.717, 1.165) is 36.9 Å². The van der Waals surface area contributed by atoms with Gasteiger partial charge >= 0.3 is 0 Å². The van der Waals surface area contributed by atoms with Crippen LogP contribution in [0.2, 0.25) is 0 Å². The normalized spacial score (nSPS) is 18.5. The lowest BCUT2D eigenvalue weighted by Crippen LogP contribution is -2.38. The van der Waals surface area contributed by atoms with Crippen molar-refractivity contribution in [2.75, 3.05) is 6.54 Å². The number of likely N-dealkylation sites (tertiary alicyclic amines) is 1. The van der Waals surface area contributed by atoms with Crippen molar-refractivity contribution in [2.45, 2.75) is 51.5 Å². The zero-order chi connectivity index (χ0) is 17.2. The molecule has 0 saturated carbocycles. The summed E-state index contributed by atoms with van der Waals surface area (Å²) >= 11 is 0. The first-order chi connectivity index (χ1) is 11.5. The van der Waals surface area contributed by atoms with Crippen molar-refractivity contribution >= 4 is 5.91 Å². The second-order valence-corrected chi connectivity index (χ2v) is 7.62. The van der Waals surface area contributed by atoms with Gasteiger partial charge in [0.2, 0.25) is 0 Å². The van der Waals surface area contributed by atoms with Gasteiger partial charge in [-0.2, -0.15) is 0 Å². The molecule has 1 aliphatic heterocycles. The van der Waals surface area contributed by atoms with Crippen LogP contribution in [0.1, 0.15) is 67.6 Å². The molecule has 1 unspecified atom stereocenters. The molecule has 1 fully saturated rings. The van der Waals surface area contributed by atoms with Gasteiger partial charge in [0.25, 0.3) is 5.91 Å². The molecule has 2 aromatic rings. The van der Waals surface area contributed by atoms with E-state index in [9.17, 15) is 4.79 Å². The Morgan fingerprint density at radius 2 is 1.88 bits per heavy atom. The maximum atomic E-state index is 13.0. The summed E-state index contributed by atoms with van der Waals surface area (Å²) in [5, 5.41) is 0. The first-order valence-corrected chi connectivity index (χ1v) is 8.78. The van der Waals surface area contributed by atoms with Gasteiger partial charge in [-0.3, -0.25) is 9.78 Å². The molecular weight excluding hydrogens is 296 g/mol. The summed E-state index contributed by atoms with van der Waals surface area (Å²) < 4.78 is 0. The molecule has 3 nitrogen and oxygen atoms in total. The molecule has 0 N–H and O–H groups in total. The number of nitrogens with zero attached hydrogens (tertiary/aromatic N) is 2. The van der Waals surface area contributed by atoms with E-state index >= 15 is 0 Å². The quantitative estimate of drug-likeness (QED) is 0.799. The van der Waals surface area contributed by atoms with E-state index < -0.39 is 0 Å². The standard InChI is InChI=1S/C21H26N2O/c1-21(2,3)18-11-9-16(10-12-18)20(24)23-14-5-4-8-19(23)17-7-6-13-22-15-17/h6-7,9-13,15,19H,4-5,8,14H2,1-3H3. The number of amides is 1. The molecule has 1 aromatic heterocycles. The van der Waals surface area contributed by atoms with Crippen molar-refractivity contribution in [1.29, 1.82) is 0 Å². The van der Waals surface area contributed by atoms with Crippen LogP contribution >= 0.6 is 0 Å². The van der Waals surface area contributed by atoms with E-state index in [0.29, 0.717) is 0 Å². The Morgan fingerprint density at radius 1 is 1.12 bits per heavy atom. The molecule has 1 amide bonds. The molecule has 126 valence electrons. The Bertz CT molecular complexity index is 686. The zero-order valence-corrected chi connectivity index (χ0v) is 14.8. The Kier molecular flexibility index (Phi) is 4.70. The molecule has 1 saturated heterocycles. The highest BCUT2D eigenvalue weighted by Crippen LogP contribution is 2.32. The van der Waals surface area contributed by atoms with Gasteiger partial charge in [-0.25, -0.2) is 0 Å². The number of carbonyl (C=O) groups excluding carboxylic acids is 1. The molecule has 0 bridgehead atoms. The van der Waals surface area contributed by atoms with Crippen LogP contribution in [0.4, 0.5) is 0 Å². The predicted molar refractivity (Wildman–Crippen MR) is 97.0 cm³/mol. The number of hydrogen-bond acceptors (Lipinski definition) is 2. The van der Waals surface area contributed by atoms with Gasteiger partial charge in [-0.15, -0.1) is 0 Å². The number of carbonyl (C=O) groups is 1. The van der Waals surface area contributed by atoms with Gasteiger partial charge < -0.3 is 4.90 Å². The summed E-state index contributed by atoms with van der Waals surface area (Å²) in [7, 11) is 0. The van der Waals surface area contributed by atoms with Gasteiger partial charge in [-0.05, 0) is 54.0 Å². The molecule has 2 heterocycles. The maximum absolute atomic E-state index is 13.0. The lowest BCUT2D eigenvalue weighted by atomic mass is 9.86. The van der Waals surface area contributed by atoms with Crippen molar-refractivity contribution in [2.24, 2.45) is 0 Å². The van der Waals surface area contributed by atoms with Crippen LogP contribution in [0.25, 0.3) is 0 Å². The summed E-state index contributed by atoms with van der Waals surface area (Å²) in [6.07, 6.45) is 6.91. The molecule has 3 heteroatoms. The molecule has 0 radical (unpaired) electrons. The first-order valence-electron chi connectivity index (χ1n) is 8.78. The Balaban J connectivity index is 1.84. The van der Waals surface area contributed by atoms with Gasteiger partial charge in [0.15, 0.2) is 0 Å². The third kappa shape index (κ3) is 3.50. The second-order valence-electron chi connectivity index (χ2n) is 7.62. The van der Waals surface area contributed by atoms with Gasteiger partial charge in [0.05, 0.1) is 6.04 Å². The molecule has 0 aliphatic carbocycles. The minimum absolute atomic E-state index is 0.102. The highest BCUT2D eigenvalue weighted by Gasteiger charge is 2.29. The predicted octanol–water partition coefficient (Wildman–Crippen LogP) is 4.75. The Morgan fingerprint density at radius 3 is 2.50 bits per heavy atom. The fourth-order valence-electron chi connectivity index (χ4n) is 3.37. The smallest absolute Gasteiger partial charge is 0.254 e. The van der Waals surface area contributed by atoms with Gasteiger partial charge in [-0.1, -0.05) is 39.0 Å². The van der Waals surface area contributed by atoms with E-state index in [1.807, 2.05) is 29.3 Å². The summed E-state index contributed by atoms with van der Waals surface area (Å²) in [4.78, 5) is 19.3. The first kappa shape index (κ1) is 16.7. The van der Waals surface area contributed by atoms with Crippen LogP contribution in [0.5, 0.6) is 0 Å². The lowest BCUT2D eigenvalue weighted by Gasteiger charge is -2.36.